The highest BCUT2D eigenvalue weighted by Gasteiger charge is 2.21. The quantitative estimate of drug-likeness (QED) is 0.781. The number of carbonyl (C=O) groups excluding carboxylic acids is 1. The van der Waals surface area contributed by atoms with Crippen molar-refractivity contribution >= 4 is 11.8 Å². The molecule has 0 unspecified atom stereocenters. The van der Waals surface area contributed by atoms with Crippen LogP contribution in [0.15, 0.2) is 12.3 Å². The van der Waals surface area contributed by atoms with E-state index in [1.807, 2.05) is 12.1 Å². The second kappa shape index (κ2) is 4.81. The summed E-state index contributed by atoms with van der Waals surface area (Å²) < 4.78 is 1.59. The molecule has 6 heteroatoms. The Kier molecular flexibility index (Phi) is 3.38. The molecule has 0 bridgehead atoms. The monoisotopic (exact) mass is 251 g/mol. The van der Waals surface area contributed by atoms with Crippen molar-refractivity contribution in [1.82, 2.24) is 9.58 Å². The van der Waals surface area contributed by atoms with Gasteiger partial charge in [0.25, 0.3) is 0 Å². The smallest absolute Gasteiger partial charge is 0.354 e. The van der Waals surface area contributed by atoms with Crippen LogP contribution in [-0.4, -0.2) is 59.7 Å². The first-order valence-corrected chi connectivity index (χ1v) is 5.89. The summed E-state index contributed by atoms with van der Waals surface area (Å²) >= 11 is 0. The number of hydrogen-bond acceptors (Lipinski definition) is 4. The number of carbonyl (C=O) groups is 2. The van der Waals surface area contributed by atoms with E-state index < -0.39 is 5.97 Å². The number of piperazine rings is 1. The van der Waals surface area contributed by atoms with E-state index in [0.717, 1.165) is 26.2 Å². The standard InChI is InChI=1S/C12H17N3O3/c1-9(16)10-7-11(12(17)18)15(8-10)14-5-3-13(2)4-6-14/h7-8H,3-6H2,1-2H3,(H,17,18). The lowest BCUT2D eigenvalue weighted by atomic mass is 10.2. The normalized spacial score (nSPS) is 16.9. The molecule has 0 spiro atoms. The Hall–Kier alpha value is -1.82. The lowest BCUT2D eigenvalue weighted by Crippen LogP contribution is -2.50. The number of nitrogens with zero attached hydrogens (tertiary/aromatic N) is 3. The third-order valence-electron chi connectivity index (χ3n) is 3.21. The number of Topliss-reactive ketones (excluding diaryl/α,β-unsaturated/α-hetero) is 1. The number of aromatic nitrogens is 1. The van der Waals surface area contributed by atoms with E-state index in [1.54, 1.807) is 10.9 Å². The summed E-state index contributed by atoms with van der Waals surface area (Å²) in [7, 11) is 2.03. The Morgan fingerprint density at radius 3 is 2.33 bits per heavy atom. The van der Waals surface area contributed by atoms with E-state index in [-0.39, 0.29) is 11.5 Å². The molecule has 18 heavy (non-hydrogen) atoms. The zero-order chi connectivity index (χ0) is 13.3. The number of carboxylic acids is 1. The van der Waals surface area contributed by atoms with E-state index >= 15 is 0 Å². The average Bonchev–Trinajstić information content (AvgIpc) is 2.75. The van der Waals surface area contributed by atoms with Gasteiger partial charge in [0.2, 0.25) is 0 Å². The molecule has 1 aromatic rings. The van der Waals surface area contributed by atoms with Gasteiger partial charge in [-0.3, -0.25) is 9.47 Å². The van der Waals surface area contributed by atoms with Gasteiger partial charge in [-0.2, -0.15) is 0 Å². The average molecular weight is 251 g/mol. The number of carboxylic acid groups (broad SMARTS) is 1. The second-order valence-electron chi connectivity index (χ2n) is 4.58. The number of rotatable bonds is 3. The molecular weight excluding hydrogens is 234 g/mol. The molecule has 0 radical (unpaired) electrons. The van der Waals surface area contributed by atoms with E-state index in [1.165, 1.54) is 13.0 Å². The van der Waals surface area contributed by atoms with Crippen LogP contribution in [0.25, 0.3) is 0 Å². The maximum Gasteiger partial charge on any atom is 0.354 e. The van der Waals surface area contributed by atoms with Crippen LogP contribution in [0.1, 0.15) is 27.8 Å². The number of likely N-dealkylation sites (N-methyl/N-ethyl adjacent to an activating group) is 1. The van der Waals surface area contributed by atoms with Gasteiger partial charge < -0.3 is 15.0 Å². The Balaban J connectivity index is 2.30. The molecule has 6 nitrogen and oxygen atoms in total. The van der Waals surface area contributed by atoms with Crippen LogP contribution in [0.4, 0.5) is 0 Å². The van der Waals surface area contributed by atoms with Gasteiger partial charge in [-0.1, -0.05) is 0 Å². The zero-order valence-electron chi connectivity index (χ0n) is 10.6. The first kappa shape index (κ1) is 12.6. The van der Waals surface area contributed by atoms with Crippen LogP contribution < -0.4 is 5.01 Å². The summed E-state index contributed by atoms with van der Waals surface area (Å²) in [6.07, 6.45) is 1.61. The van der Waals surface area contributed by atoms with Gasteiger partial charge in [-0.15, -0.1) is 0 Å². The molecule has 1 aliphatic heterocycles. The van der Waals surface area contributed by atoms with Crippen molar-refractivity contribution < 1.29 is 14.7 Å². The third-order valence-corrected chi connectivity index (χ3v) is 3.21. The van der Waals surface area contributed by atoms with Crippen molar-refractivity contribution in [2.45, 2.75) is 6.92 Å². The number of aromatic carboxylic acids is 1. The third kappa shape index (κ3) is 2.38. The highest BCUT2D eigenvalue weighted by atomic mass is 16.4. The fourth-order valence-corrected chi connectivity index (χ4v) is 2.05. The van der Waals surface area contributed by atoms with E-state index in [9.17, 15) is 14.7 Å². The van der Waals surface area contributed by atoms with Gasteiger partial charge in [0.15, 0.2) is 5.78 Å². The lowest BCUT2D eigenvalue weighted by molar-refractivity contribution is 0.0683. The summed E-state index contributed by atoms with van der Waals surface area (Å²) in [4.78, 5) is 24.7. The van der Waals surface area contributed by atoms with Gasteiger partial charge in [0, 0.05) is 37.9 Å². The molecule has 0 atom stereocenters. The molecule has 1 fully saturated rings. The minimum Gasteiger partial charge on any atom is -0.477 e. The van der Waals surface area contributed by atoms with Crippen molar-refractivity contribution in [1.29, 1.82) is 0 Å². The molecule has 0 aromatic carbocycles. The van der Waals surface area contributed by atoms with Crippen LogP contribution in [0, 0.1) is 0 Å². The molecule has 1 saturated heterocycles. The fraction of sp³-hybridized carbons (Fsp3) is 0.500. The molecule has 0 amide bonds. The van der Waals surface area contributed by atoms with Crippen LogP contribution >= 0.6 is 0 Å². The highest BCUT2D eigenvalue weighted by molar-refractivity contribution is 5.97. The van der Waals surface area contributed by atoms with Crippen molar-refractivity contribution in [3.05, 3.63) is 23.5 Å². The fourth-order valence-electron chi connectivity index (χ4n) is 2.05. The van der Waals surface area contributed by atoms with E-state index in [4.69, 9.17) is 0 Å². The molecule has 1 aliphatic rings. The minimum absolute atomic E-state index is 0.120. The molecule has 98 valence electrons. The predicted octanol–water partition coefficient (Wildman–Crippen LogP) is 0.272. The Bertz CT molecular complexity index is 473. The van der Waals surface area contributed by atoms with Gasteiger partial charge in [0.05, 0.1) is 0 Å². The maximum atomic E-state index is 11.3. The second-order valence-corrected chi connectivity index (χ2v) is 4.58. The molecular formula is C12H17N3O3. The molecule has 1 aromatic heterocycles. The van der Waals surface area contributed by atoms with Crippen LogP contribution in [0.3, 0.4) is 0 Å². The Morgan fingerprint density at radius 1 is 1.22 bits per heavy atom. The SMILES string of the molecule is CC(=O)c1cc(C(=O)O)n(N2CCN(C)CC2)c1. The lowest BCUT2D eigenvalue weighted by Gasteiger charge is -2.35. The largest absolute Gasteiger partial charge is 0.477 e. The first-order chi connectivity index (χ1) is 8.49. The summed E-state index contributed by atoms with van der Waals surface area (Å²) in [5.74, 6) is -1.13. The van der Waals surface area contributed by atoms with Crippen molar-refractivity contribution in [3.8, 4) is 0 Å². The van der Waals surface area contributed by atoms with Crippen molar-refractivity contribution in [2.24, 2.45) is 0 Å². The summed E-state index contributed by atoms with van der Waals surface area (Å²) in [5, 5.41) is 11.1. The molecule has 2 heterocycles. The van der Waals surface area contributed by atoms with Gasteiger partial charge in [-0.05, 0) is 20.0 Å². The Morgan fingerprint density at radius 2 is 1.83 bits per heavy atom. The predicted molar refractivity (Wildman–Crippen MR) is 66.8 cm³/mol. The summed E-state index contributed by atoms with van der Waals surface area (Å²) in [6, 6.07) is 1.43. The Labute approximate surface area is 105 Å². The van der Waals surface area contributed by atoms with Gasteiger partial charge >= 0.3 is 5.97 Å². The molecule has 0 saturated carbocycles. The summed E-state index contributed by atoms with van der Waals surface area (Å²) in [5.41, 5.74) is 0.580. The number of ketones is 1. The zero-order valence-corrected chi connectivity index (χ0v) is 10.6. The van der Waals surface area contributed by atoms with Crippen LogP contribution in [0.5, 0.6) is 0 Å². The summed E-state index contributed by atoms with van der Waals surface area (Å²) in [6.45, 7) is 4.71. The van der Waals surface area contributed by atoms with E-state index in [2.05, 4.69) is 4.90 Å². The van der Waals surface area contributed by atoms with Crippen molar-refractivity contribution in [2.75, 3.05) is 38.2 Å². The molecule has 1 N–H and O–H groups in total. The van der Waals surface area contributed by atoms with Crippen molar-refractivity contribution in [3.63, 3.8) is 0 Å². The first-order valence-electron chi connectivity index (χ1n) is 5.89. The van der Waals surface area contributed by atoms with E-state index in [0.29, 0.717) is 5.56 Å². The van der Waals surface area contributed by atoms with Gasteiger partial charge in [-0.25, -0.2) is 4.79 Å². The maximum absolute atomic E-state index is 11.3. The molecule has 0 aliphatic carbocycles. The van der Waals surface area contributed by atoms with Crippen LogP contribution in [-0.2, 0) is 0 Å². The van der Waals surface area contributed by atoms with Gasteiger partial charge in [0.1, 0.15) is 5.69 Å². The highest BCUT2D eigenvalue weighted by Crippen LogP contribution is 2.12. The number of hydrogen-bond donors (Lipinski definition) is 1. The van der Waals surface area contributed by atoms with Crippen LogP contribution in [0.2, 0.25) is 0 Å². The molecule has 2 rings (SSSR count). The topological polar surface area (TPSA) is 65.8 Å². The minimum atomic E-state index is -1.01.